The zero-order valence-corrected chi connectivity index (χ0v) is 14.2. The lowest BCUT2D eigenvalue weighted by Crippen LogP contribution is -2.41. The Morgan fingerprint density at radius 1 is 1.26 bits per heavy atom. The van der Waals surface area contributed by atoms with Crippen molar-refractivity contribution in [3.8, 4) is 0 Å². The van der Waals surface area contributed by atoms with E-state index >= 15 is 0 Å². The summed E-state index contributed by atoms with van der Waals surface area (Å²) >= 11 is 0. The van der Waals surface area contributed by atoms with Crippen molar-refractivity contribution in [2.75, 3.05) is 13.2 Å². The van der Waals surface area contributed by atoms with Crippen molar-refractivity contribution in [3.63, 3.8) is 0 Å². The first-order chi connectivity index (χ1) is 10.8. The second-order valence-electron chi connectivity index (χ2n) is 6.39. The average molecular weight is 320 g/mol. The molecule has 0 fully saturated rings. The predicted octanol–water partition coefficient (Wildman–Crippen LogP) is 2.82. The zero-order chi connectivity index (χ0) is 17.0. The Morgan fingerprint density at radius 3 is 2.65 bits per heavy atom. The van der Waals surface area contributed by atoms with Crippen molar-refractivity contribution in [2.45, 2.75) is 46.4 Å². The summed E-state index contributed by atoms with van der Waals surface area (Å²) in [7, 11) is 0. The van der Waals surface area contributed by atoms with Gasteiger partial charge in [-0.3, -0.25) is 0 Å². The van der Waals surface area contributed by atoms with Crippen molar-refractivity contribution in [2.24, 2.45) is 0 Å². The molecule has 2 heterocycles. The first-order valence-corrected chi connectivity index (χ1v) is 7.81. The van der Waals surface area contributed by atoms with Gasteiger partial charge in [-0.2, -0.15) is 0 Å². The SMILES string of the molecule is CCOC(=O)/C=C/c1ccc2n1CCN(C(=O)OC(C)(C)C)C2. The summed E-state index contributed by atoms with van der Waals surface area (Å²) in [4.78, 5) is 25.2. The van der Waals surface area contributed by atoms with Crippen LogP contribution in [-0.2, 0) is 27.4 Å². The molecule has 0 unspecified atom stereocenters. The number of amides is 1. The maximum Gasteiger partial charge on any atom is 0.410 e. The van der Waals surface area contributed by atoms with Gasteiger partial charge in [-0.25, -0.2) is 9.59 Å². The third kappa shape index (κ3) is 4.61. The minimum Gasteiger partial charge on any atom is -0.463 e. The number of carbonyl (C=O) groups excluding carboxylic acids is 2. The lowest BCUT2D eigenvalue weighted by Gasteiger charge is -2.31. The summed E-state index contributed by atoms with van der Waals surface area (Å²) in [5.41, 5.74) is 1.45. The van der Waals surface area contributed by atoms with E-state index in [1.807, 2.05) is 32.9 Å². The van der Waals surface area contributed by atoms with Gasteiger partial charge < -0.3 is 18.9 Å². The van der Waals surface area contributed by atoms with Gasteiger partial charge >= 0.3 is 12.1 Å². The number of nitrogens with zero attached hydrogens (tertiary/aromatic N) is 2. The zero-order valence-electron chi connectivity index (χ0n) is 14.2. The number of esters is 1. The van der Waals surface area contributed by atoms with Gasteiger partial charge in [0.15, 0.2) is 0 Å². The van der Waals surface area contributed by atoms with E-state index in [1.165, 1.54) is 6.08 Å². The Kier molecular flexibility index (Phi) is 5.13. The van der Waals surface area contributed by atoms with Gasteiger partial charge in [0.1, 0.15) is 5.60 Å². The second-order valence-corrected chi connectivity index (χ2v) is 6.39. The summed E-state index contributed by atoms with van der Waals surface area (Å²) in [5.74, 6) is -0.353. The molecule has 23 heavy (non-hydrogen) atoms. The molecular formula is C17H24N2O4. The smallest absolute Gasteiger partial charge is 0.410 e. The lowest BCUT2D eigenvalue weighted by molar-refractivity contribution is -0.137. The van der Waals surface area contributed by atoms with Crippen LogP contribution in [0, 0.1) is 0 Å². The van der Waals surface area contributed by atoms with E-state index in [1.54, 1.807) is 17.9 Å². The normalized spacial score (nSPS) is 14.7. The molecule has 0 atom stereocenters. The molecule has 1 aliphatic rings. The number of ether oxygens (including phenoxy) is 2. The van der Waals surface area contributed by atoms with Crippen LogP contribution in [0.1, 0.15) is 39.1 Å². The molecule has 6 heteroatoms. The monoisotopic (exact) mass is 320 g/mol. The molecule has 1 aliphatic heterocycles. The number of hydrogen-bond donors (Lipinski definition) is 0. The largest absolute Gasteiger partial charge is 0.463 e. The fourth-order valence-electron chi connectivity index (χ4n) is 2.41. The van der Waals surface area contributed by atoms with Crippen LogP contribution in [0.4, 0.5) is 4.79 Å². The molecule has 126 valence electrons. The highest BCUT2D eigenvalue weighted by Gasteiger charge is 2.26. The maximum absolute atomic E-state index is 12.1. The van der Waals surface area contributed by atoms with E-state index in [0.717, 1.165) is 11.4 Å². The molecule has 1 aromatic heterocycles. The van der Waals surface area contributed by atoms with Gasteiger partial charge in [0, 0.05) is 30.6 Å². The van der Waals surface area contributed by atoms with E-state index in [9.17, 15) is 9.59 Å². The van der Waals surface area contributed by atoms with Gasteiger partial charge in [0.05, 0.1) is 13.2 Å². The van der Waals surface area contributed by atoms with Crippen LogP contribution in [-0.4, -0.2) is 40.3 Å². The molecule has 0 radical (unpaired) electrons. The third-order valence-electron chi connectivity index (χ3n) is 3.38. The van der Waals surface area contributed by atoms with E-state index in [4.69, 9.17) is 9.47 Å². The number of hydrogen-bond acceptors (Lipinski definition) is 4. The fraction of sp³-hybridized carbons (Fsp3) is 0.529. The summed E-state index contributed by atoms with van der Waals surface area (Å²) < 4.78 is 12.4. The number of aromatic nitrogens is 1. The Bertz CT molecular complexity index is 611. The third-order valence-corrected chi connectivity index (χ3v) is 3.38. The quantitative estimate of drug-likeness (QED) is 0.635. The molecule has 0 saturated carbocycles. The summed E-state index contributed by atoms with van der Waals surface area (Å²) in [6, 6.07) is 3.89. The van der Waals surface area contributed by atoms with Crippen molar-refractivity contribution >= 4 is 18.1 Å². The number of fused-ring (bicyclic) bond motifs is 1. The van der Waals surface area contributed by atoms with Crippen LogP contribution in [0.15, 0.2) is 18.2 Å². The van der Waals surface area contributed by atoms with Crippen LogP contribution in [0.25, 0.3) is 6.08 Å². The van der Waals surface area contributed by atoms with Crippen LogP contribution in [0.5, 0.6) is 0 Å². The predicted molar refractivity (Wildman–Crippen MR) is 86.7 cm³/mol. The first kappa shape index (κ1) is 17.1. The van der Waals surface area contributed by atoms with Crippen LogP contribution < -0.4 is 0 Å². The molecule has 0 N–H and O–H groups in total. The molecule has 0 saturated heterocycles. The Balaban J connectivity index is 2.04. The van der Waals surface area contributed by atoms with Gasteiger partial charge in [0.2, 0.25) is 0 Å². The highest BCUT2D eigenvalue weighted by atomic mass is 16.6. The van der Waals surface area contributed by atoms with Gasteiger partial charge in [0.25, 0.3) is 0 Å². The average Bonchev–Trinajstić information content (AvgIpc) is 2.86. The minimum absolute atomic E-state index is 0.298. The number of carbonyl (C=O) groups is 2. The molecule has 6 nitrogen and oxygen atoms in total. The Hall–Kier alpha value is -2.24. The van der Waals surface area contributed by atoms with Gasteiger partial charge in [-0.15, -0.1) is 0 Å². The molecule has 1 amide bonds. The van der Waals surface area contributed by atoms with Crippen LogP contribution in [0.2, 0.25) is 0 Å². The standard InChI is InChI=1S/C17H24N2O4/c1-5-22-15(20)9-8-13-6-7-14-12-18(10-11-19(13)14)16(21)23-17(2,3)4/h6-9H,5,10-12H2,1-4H3/b9-8+. The summed E-state index contributed by atoms with van der Waals surface area (Å²) in [6.45, 7) is 9.46. The first-order valence-electron chi connectivity index (χ1n) is 7.81. The van der Waals surface area contributed by atoms with Crippen molar-refractivity contribution in [1.82, 2.24) is 9.47 Å². The lowest BCUT2D eigenvalue weighted by atomic mass is 10.2. The van der Waals surface area contributed by atoms with E-state index in [-0.39, 0.29) is 12.1 Å². The molecule has 0 aliphatic carbocycles. The highest BCUT2D eigenvalue weighted by molar-refractivity contribution is 5.86. The molecule has 1 aromatic rings. The molecular weight excluding hydrogens is 296 g/mol. The van der Waals surface area contributed by atoms with E-state index < -0.39 is 5.60 Å². The van der Waals surface area contributed by atoms with E-state index in [0.29, 0.717) is 26.2 Å². The number of rotatable bonds is 3. The Morgan fingerprint density at radius 2 is 2.00 bits per heavy atom. The van der Waals surface area contributed by atoms with Crippen LogP contribution >= 0.6 is 0 Å². The fourth-order valence-corrected chi connectivity index (χ4v) is 2.41. The minimum atomic E-state index is -0.496. The summed E-state index contributed by atoms with van der Waals surface area (Å²) in [5, 5.41) is 0. The van der Waals surface area contributed by atoms with E-state index in [2.05, 4.69) is 4.57 Å². The van der Waals surface area contributed by atoms with Crippen molar-refractivity contribution in [1.29, 1.82) is 0 Å². The second kappa shape index (κ2) is 6.89. The molecule has 0 bridgehead atoms. The Labute approximate surface area is 136 Å². The van der Waals surface area contributed by atoms with Crippen molar-refractivity contribution in [3.05, 3.63) is 29.6 Å². The molecule has 0 spiro atoms. The van der Waals surface area contributed by atoms with Crippen molar-refractivity contribution < 1.29 is 19.1 Å². The van der Waals surface area contributed by atoms with Crippen LogP contribution in [0.3, 0.4) is 0 Å². The van der Waals surface area contributed by atoms with Gasteiger partial charge in [-0.1, -0.05) is 0 Å². The maximum atomic E-state index is 12.1. The highest BCUT2D eigenvalue weighted by Crippen LogP contribution is 2.20. The molecule has 2 rings (SSSR count). The molecule has 0 aromatic carbocycles. The topological polar surface area (TPSA) is 60.8 Å². The van der Waals surface area contributed by atoms with Gasteiger partial charge in [-0.05, 0) is 45.9 Å². The summed E-state index contributed by atoms with van der Waals surface area (Å²) in [6.07, 6.45) is 2.87.